The monoisotopic (exact) mass is 329 g/mol. The maximum atomic E-state index is 6.05. The quantitative estimate of drug-likeness (QED) is 0.634. The molecule has 3 aromatic rings. The highest BCUT2D eigenvalue weighted by Gasteiger charge is 2.11. The molecule has 0 aliphatic rings. The number of nitrogens with zero attached hydrogens (tertiary/aromatic N) is 1. The highest BCUT2D eigenvalue weighted by atomic mass is 35.5. The number of hydrogen-bond donors (Lipinski definition) is 2. The Morgan fingerprint density at radius 2 is 1.82 bits per heavy atom. The molecule has 3 nitrogen and oxygen atoms in total. The van der Waals surface area contributed by atoms with Gasteiger partial charge in [0.2, 0.25) is 0 Å². The van der Waals surface area contributed by atoms with Crippen molar-refractivity contribution in [1.29, 1.82) is 0 Å². The second-order valence-corrected chi connectivity index (χ2v) is 6.05. The van der Waals surface area contributed by atoms with E-state index in [-0.39, 0.29) is 0 Å². The Morgan fingerprint density at radius 3 is 2.50 bits per heavy atom. The zero-order valence-electron chi connectivity index (χ0n) is 12.4. The Labute approximate surface area is 139 Å². The number of aromatic amines is 1. The third-order valence-corrected chi connectivity index (χ3v) is 3.99. The van der Waals surface area contributed by atoms with Crippen LogP contribution in [0.15, 0.2) is 48.5 Å². The van der Waals surface area contributed by atoms with E-state index in [9.17, 15) is 0 Å². The Balaban J connectivity index is 2.08. The number of halogens is 1. The van der Waals surface area contributed by atoms with E-state index in [1.165, 1.54) is 5.56 Å². The number of nitrogens with one attached hydrogen (secondary N) is 2. The molecule has 0 amide bonds. The Hall–Kier alpha value is -2.04. The minimum absolute atomic E-state index is 0.619. The van der Waals surface area contributed by atoms with Crippen LogP contribution in [0.3, 0.4) is 0 Å². The van der Waals surface area contributed by atoms with Gasteiger partial charge in [0, 0.05) is 16.3 Å². The second kappa shape index (κ2) is 5.99. The minimum atomic E-state index is 0.619. The van der Waals surface area contributed by atoms with Crippen LogP contribution in [-0.4, -0.2) is 9.66 Å². The summed E-state index contributed by atoms with van der Waals surface area (Å²) in [6, 6.07) is 15.9. The zero-order chi connectivity index (χ0) is 15.7. The summed E-state index contributed by atoms with van der Waals surface area (Å²) >= 11 is 11.5. The molecule has 1 aromatic heterocycles. The zero-order valence-corrected chi connectivity index (χ0v) is 13.9. The molecule has 0 saturated carbocycles. The smallest absolute Gasteiger partial charge is 0.197 e. The molecule has 0 bridgehead atoms. The van der Waals surface area contributed by atoms with E-state index in [0.29, 0.717) is 9.79 Å². The molecule has 0 aliphatic heterocycles. The molecule has 0 fully saturated rings. The molecule has 3 rings (SSSR count). The molecular weight excluding hydrogens is 314 g/mol. The summed E-state index contributed by atoms with van der Waals surface area (Å²) in [5.74, 6) is 0. The van der Waals surface area contributed by atoms with Crippen molar-refractivity contribution in [2.24, 2.45) is 0 Å². The van der Waals surface area contributed by atoms with Crippen LogP contribution in [0, 0.1) is 18.6 Å². The average Bonchev–Trinajstić information content (AvgIpc) is 2.75. The number of H-pyrrole nitrogens is 1. The van der Waals surface area contributed by atoms with Crippen LogP contribution in [0.2, 0.25) is 5.02 Å². The van der Waals surface area contributed by atoms with Gasteiger partial charge >= 0.3 is 0 Å². The molecule has 0 atom stereocenters. The Kier molecular flexibility index (Phi) is 4.05. The highest BCUT2D eigenvalue weighted by Crippen LogP contribution is 2.25. The van der Waals surface area contributed by atoms with Gasteiger partial charge in [-0.1, -0.05) is 47.5 Å². The molecule has 0 spiro atoms. The first kappa shape index (κ1) is 14.9. The SMILES string of the molecule is Cc1ccc(-c2c(C)[nH]c(=S)n2Nc2cccc(Cl)c2)cc1. The van der Waals surface area contributed by atoms with Gasteiger partial charge in [-0.15, -0.1) is 0 Å². The maximum Gasteiger partial charge on any atom is 0.197 e. The van der Waals surface area contributed by atoms with Gasteiger partial charge in [-0.3, -0.25) is 5.43 Å². The average molecular weight is 330 g/mol. The van der Waals surface area contributed by atoms with Crippen LogP contribution >= 0.6 is 23.8 Å². The largest absolute Gasteiger partial charge is 0.333 e. The van der Waals surface area contributed by atoms with Gasteiger partial charge in [0.25, 0.3) is 0 Å². The molecule has 22 heavy (non-hydrogen) atoms. The second-order valence-electron chi connectivity index (χ2n) is 5.23. The van der Waals surface area contributed by atoms with Gasteiger partial charge < -0.3 is 4.98 Å². The van der Waals surface area contributed by atoms with E-state index < -0.39 is 0 Å². The summed E-state index contributed by atoms with van der Waals surface area (Å²) < 4.78 is 2.49. The van der Waals surface area contributed by atoms with E-state index in [0.717, 1.165) is 22.6 Å². The van der Waals surface area contributed by atoms with Crippen molar-refractivity contribution in [2.45, 2.75) is 13.8 Å². The molecule has 112 valence electrons. The number of benzene rings is 2. The number of aryl methyl sites for hydroxylation is 2. The first-order valence-electron chi connectivity index (χ1n) is 6.96. The molecule has 0 unspecified atom stereocenters. The summed E-state index contributed by atoms with van der Waals surface area (Å²) in [6.07, 6.45) is 0. The van der Waals surface area contributed by atoms with Crippen molar-refractivity contribution in [3.05, 3.63) is 69.6 Å². The van der Waals surface area contributed by atoms with Gasteiger partial charge in [-0.25, -0.2) is 4.68 Å². The lowest BCUT2D eigenvalue weighted by atomic mass is 10.1. The van der Waals surface area contributed by atoms with Gasteiger partial charge in [-0.2, -0.15) is 0 Å². The molecule has 0 saturated heterocycles. The van der Waals surface area contributed by atoms with E-state index in [2.05, 4.69) is 41.6 Å². The van der Waals surface area contributed by atoms with E-state index in [1.54, 1.807) is 0 Å². The Morgan fingerprint density at radius 1 is 1.09 bits per heavy atom. The van der Waals surface area contributed by atoms with Crippen molar-refractivity contribution < 1.29 is 0 Å². The summed E-state index contributed by atoms with van der Waals surface area (Å²) in [5, 5.41) is 0.681. The summed E-state index contributed by atoms with van der Waals surface area (Å²) in [4.78, 5) is 3.21. The lowest BCUT2D eigenvalue weighted by Crippen LogP contribution is -2.10. The van der Waals surface area contributed by atoms with Crippen molar-refractivity contribution >= 4 is 29.5 Å². The third-order valence-electron chi connectivity index (χ3n) is 3.47. The van der Waals surface area contributed by atoms with Crippen LogP contribution in [0.5, 0.6) is 0 Å². The number of imidazole rings is 1. The number of anilines is 1. The molecule has 1 heterocycles. The van der Waals surface area contributed by atoms with Crippen LogP contribution in [-0.2, 0) is 0 Å². The van der Waals surface area contributed by atoms with Crippen molar-refractivity contribution in [2.75, 3.05) is 5.43 Å². The fraction of sp³-hybridized carbons (Fsp3) is 0.118. The van der Waals surface area contributed by atoms with E-state index >= 15 is 0 Å². The fourth-order valence-corrected chi connectivity index (χ4v) is 2.88. The number of aromatic nitrogens is 2. The Bertz CT molecular complexity index is 862. The van der Waals surface area contributed by atoms with Crippen LogP contribution in [0.1, 0.15) is 11.3 Å². The van der Waals surface area contributed by atoms with Crippen molar-refractivity contribution in [3.8, 4) is 11.3 Å². The van der Waals surface area contributed by atoms with Crippen molar-refractivity contribution in [3.63, 3.8) is 0 Å². The predicted octanol–water partition coefficient (Wildman–Crippen LogP) is 5.36. The molecule has 0 radical (unpaired) electrons. The number of rotatable bonds is 3. The predicted molar refractivity (Wildman–Crippen MR) is 95.0 cm³/mol. The summed E-state index contributed by atoms with van der Waals surface area (Å²) in [6.45, 7) is 4.09. The van der Waals surface area contributed by atoms with Gasteiger partial charge in [0.15, 0.2) is 4.77 Å². The first-order valence-corrected chi connectivity index (χ1v) is 7.74. The lowest BCUT2D eigenvalue weighted by molar-refractivity contribution is 0.942. The van der Waals surface area contributed by atoms with Crippen molar-refractivity contribution in [1.82, 2.24) is 9.66 Å². The molecule has 0 aliphatic carbocycles. The highest BCUT2D eigenvalue weighted by molar-refractivity contribution is 7.71. The normalized spacial score (nSPS) is 10.7. The summed E-state index contributed by atoms with van der Waals surface area (Å²) in [7, 11) is 0. The van der Waals surface area contributed by atoms with E-state index in [4.69, 9.17) is 23.8 Å². The first-order chi connectivity index (χ1) is 10.5. The third kappa shape index (κ3) is 2.93. The van der Waals surface area contributed by atoms with Gasteiger partial charge in [0.05, 0.1) is 11.4 Å². The van der Waals surface area contributed by atoms with Crippen LogP contribution in [0.25, 0.3) is 11.3 Å². The van der Waals surface area contributed by atoms with Gasteiger partial charge in [-0.05, 0) is 44.3 Å². The lowest BCUT2D eigenvalue weighted by Gasteiger charge is -2.12. The maximum absolute atomic E-state index is 6.05. The van der Waals surface area contributed by atoms with Gasteiger partial charge in [0.1, 0.15) is 0 Å². The number of hydrogen-bond acceptors (Lipinski definition) is 2. The topological polar surface area (TPSA) is 32.8 Å². The minimum Gasteiger partial charge on any atom is -0.333 e. The van der Waals surface area contributed by atoms with Crippen LogP contribution in [0.4, 0.5) is 5.69 Å². The summed E-state index contributed by atoms with van der Waals surface area (Å²) in [5.41, 5.74) is 8.56. The molecule has 5 heteroatoms. The standard InChI is InChI=1S/C17H16ClN3S/c1-11-6-8-13(9-7-11)16-12(2)19-17(22)21(16)20-15-5-3-4-14(18)10-15/h3-10,20H,1-2H3,(H,19,22). The van der Waals surface area contributed by atoms with Crippen LogP contribution < -0.4 is 5.43 Å². The fourth-order valence-electron chi connectivity index (χ4n) is 2.40. The molecule has 2 N–H and O–H groups in total. The molecular formula is C17H16ClN3S. The van der Waals surface area contributed by atoms with E-state index in [1.807, 2.05) is 35.9 Å². The molecule has 2 aromatic carbocycles.